The number of aldehydes is 1. The normalized spacial score (nSPS) is 10.4. The summed E-state index contributed by atoms with van der Waals surface area (Å²) in [5, 5.41) is 25.1. The standard InChI is InChI=1S/C12H10O.C12H24O.2C8H9NO2/c1-9(13)11-8-4-6-10-5-2-3-7-12(10)11;1-3-4-5-6-7-8-9-10-12(2)11-13;2*1-9-7-5-3-2-4-6(7)8(10)11/h2-8H,1H3;11-12H,3-10H2,1-2H3;2*2-5,9H,1H3,(H,10,11). The number of carbonyl (C=O) groups excluding carboxylic acids is 2. The van der Waals surface area contributed by atoms with E-state index in [-0.39, 0.29) is 11.7 Å². The third kappa shape index (κ3) is 15.5. The third-order valence-electron chi connectivity index (χ3n) is 7.52. The molecule has 8 nitrogen and oxygen atoms in total. The van der Waals surface area contributed by atoms with Crippen molar-refractivity contribution in [3.8, 4) is 0 Å². The number of benzene rings is 4. The number of hydrogen-bond acceptors (Lipinski definition) is 6. The zero-order valence-electron chi connectivity index (χ0n) is 29.0. The second-order valence-corrected chi connectivity index (χ2v) is 11.3. The number of fused-ring (bicyclic) bond motifs is 1. The number of unbranched alkanes of at least 4 members (excludes halogenated alkanes) is 6. The van der Waals surface area contributed by atoms with E-state index < -0.39 is 11.9 Å². The minimum atomic E-state index is -0.907. The van der Waals surface area contributed by atoms with Crippen molar-refractivity contribution >= 4 is 46.2 Å². The molecule has 0 aromatic heterocycles. The van der Waals surface area contributed by atoms with Crippen molar-refractivity contribution in [2.24, 2.45) is 5.92 Å². The molecule has 0 radical (unpaired) electrons. The summed E-state index contributed by atoms with van der Waals surface area (Å²) >= 11 is 0. The molecule has 8 heteroatoms. The first kappa shape index (κ1) is 41.0. The molecule has 258 valence electrons. The van der Waals surface area contributed by atoms with Crippen LogP contribution in [0, 0.1) is 5.92 Å². The molecule has 0 spiro atoms. The Balaban J connectivity index is 0.000000321. The van der Waals surface area contributed by atoms with E-state index in [1.54, 1.807) is 69.6 Å². The summed E-state index contributed by atoms with van der Waals surface area (Å²) in [7, 11) is 3.39. The van der Waals surface area contributed by atoms with Gasteiger partial charge in [-0.15, -0.1) is 0 Å². The van der Waals surface area contributed by atoms with Crippen LogP contribution in [-0.2, 0) is 4.79 Å². The van der Waals surface area contributed by atoms with Gasteiger partial charge >= 0.3 is 11.9 Å². The Morgan fingerprint density at radius 3 is 1.54 bits per heavy atom. The molecule has 4 aromatic carbocycles. The first-order chi connectivity index (χ1) is 23.1. The first-order valence-corrected chi connectivity index (χ1v) is 16.5. The van der Waals surface area contributed by atoms with E-state index in [1.165, 1.54) is 44.9 Å². The van der Waals surface area contributed by atoms with E-state index in [0.717, 1.165) is 29.0 Å². The van der Waals surface area contributed by atoms with Gasteiger partial charge in [0.25, 0.3) is 0 Å². The van der Waals surface area contributed by atoms with Gasteiger partial charge in [-0.05, 0) is 48.4 Å². The molecule has 1 atom stereocenters. The topological polar surface area (TPSA) is 133 Å². The van der Waals surface area contributed by atoms with Crippen LogP contribution in [0.1, 0.15) is 103 Å². The van der Waals surface area contributed by atoms with Crippen LogP contribution in [0.5, 0.6) is 0 Å². The molecular formula is C40H52N2O6. The minimum Gasteiger partial charge on any atom is -0.478 e. The van der Waals surface area contributed by atoms with E-state index in [9.17, 15) is 19.2 Å². The highest BCUT2D eigenvalue weighted by Gasteiger charge is 2.07. The van der Waals surface area contributed by atoms with Crippen LogP contribution in [-0.4, -0.2) is 48.3 Å². The summed E-state index contributed by atoms with van der Waals surface area (Å²) in [5.74, 6) is -1.42. The van der Waals surface area contributed by atoms with Crippen molar-refractivity contribution in [2.75, 3.05) is 24.7 Å². The highest BCUT2D eigenvalue weighted by molar-refractivity contribution is 6.06. The predicted molar refractivity (Wildman–Crippen MR) is 198 cm³/mol. The zero-order chi connectivity index (χ0) is 35.7. The van der Waals surface area contributed by atoms with E-state index in [4.69, 9.17) is 10.2 Å². The molecule has 1 unspecified atom stereocenters. The van der Waals surface area contributed by atoms with Gasteiger partial charge in [0.05, 0.1) is 11.1 Å². The second kappa shape index (κ2) is 24.2. The van der Waals surface area contributed by atoms with Gasteiger partial charge in [0.15, 0.2) is 5.78 Å². The molecule has 0 saturated carbocycles. The van der Waals surface area contributed by atoms with Gasteiger partial charge in [-0.25, -0.2) is 9.59 Å². The van der Waals surface area contributed by atoms with Crippen LogP contribution < -0.4 is 10.6 Å². The third-order valence-corrected chi connectivity index (χ3v) is 7.52. The smallest absolute Gasteiger partial charge is 0.337 e. The molecule has 4 aromatic rings. The predicted octanol–water partition coefficient (Wildman–Crippen LogP) is 9.86. The van der Waals surface area contributed by atoms with Gasteiger partial charge in [-0.2, -0.15) is 0 Å². The Kier molecular flexibility index (Phi) is 20.7. The summed E-state index contributed by atoms with van der Waals surface area (Å²) in [5.41, 5.74) is 2.68. The number of aromatic carboxylic acids is 2. The van der Waals surface area contributed by atoms with Crippen LogP contribution >= 0.6 is 0 Å². The number of rotatable bonds is 14. The van der Waals surface area contributed by atoms with E-state index >= 15 is 0 Å². The number of ketones is 1. The highest BCUT2D eigenvalue weighted by atomic mass is 16.4. The van der Waals surface area contributed by atoms with E-state index in [1.807, 2.05) is 49.4 Å². The Hall–Kier alpha value is -4.98. The maximum Gasteiger partial charge on any atom is 0.337 e. The largest absolute Gasteiger partial charge is 0.478 e. The minimum absolute atomic E-state index is 0.122. The van der Waals surface area contributed by atoms with Crippen molar-refractivity contribution in [3.63, 3.8) is 0 Å². The Morgan fingerprint density at radius 1 is 0.646 bits per heavy atom. The number of nitrogens with one attached hydrogen (secondary N) is 2. The Morgan fingerprint density at radius 2 is 1.08 bits per heavy atom. The molecule has 0 aliphatic rings. The first-order valence-electron chi connectivity index (χ1n) is 16.5. The van der Waals surface area contributed by atoms with Crippen molar-refractivity contribution in [3.05, 3.63) is 108 Å². The lowest BCUT2D eigenvalue weighted by Crippen LogP contribution is -2.01. The molecule has 0 bridgehead atoms. The van der Waals surface area contributed by atoms with Crippen LogP contribution in [0.15, 0.2) is 91.0 Å². The fourth-order valence-electron chi connectivity index (χ4n) is 4.80. The SMILES string of the molecule is CC(=O)c1cccc2ccccc12.CCCCCCCCCC(C)C=O.CNc1ccccc1C(=O)O.CNc1ccccc1C(=O)O. The fraction of sp³-hybridized carbons (Fsp3) is 0.350. The molecule has 4 rings (SSSR count). The van der Waals surface area contributed by atoms with Crippen molar-refractivity contribution < 1.29 is 29.4 Å². The number of para-hydroxylation sites is 2. The lowest BCUT2D eigenvalue weighted by molar-refractivity contribution is -0.110. The monoisotopic (exact) mass is 656 g/mol. The van der Waals surface area contributed by atoms with Gasteiger partial charge in [0.1, 0.15) is 6.29 Å². The maximum absolute atomic E-state index is 11.3. The van der Waals surface area contributed by atoms with Crippen LogP contribution in [0.2, 0.25) is 0 Å². The van der Waals surface area contributed by atoms with Crippen molar-refractivity contribution in [1.29, 1.82) is 0 Å². The number of hydrogen-bond donors (Lipinski definition) is 4. The van der Waals surface area contributed by atoms with Gasteiger partial charge < -0.3 is 25.6 Å². The highest BCUT2D eigenvalue weighted by Crippen LogP contribution is 2.18. The molecule has 0 saturated heterocycles. The van der Waals surface area contributed by atoms with Gasteiger partial charge in [0, 0.05) is 37.0 Å². The summed E-state index contributed by atoms with van der Waals surface area (Å²) in [6, 6.07) is 27.3. The van der Waals surface area contributed by atoms with Gasteiger partial charge in [-0.3, -0.25) is 4.79 Å². The van der Waals surface area contributed by atoms with E-state index in [2.05, 4.69) is 17.6 Å². The van der Waals surface area contributed by atoms with Crippen molar-refractivity contribution in [2.45, 2.75) is 72.1 Å². The van der Waals surface area contributed by atoms with Crippen LogP contribution in [0.25, 0.3) is 10.8 Å². The average molecular weight is 657 g/mol. The molecule has 0 aliphatic carbocycles. The summed E-state index contributed by atoms with van der Waals surface area (Å²) in [6.45, 7) is 5.84. The van der Waals surface area contributed by atoms with Crippen LogP contribution in [0.3, 0.4) is 0 Å². The Bertz CT molecular complexity index is 1490. The van der Waals surface area contributed by atoms with Gasteiger partial charge in [0.2, 0.25) is 0 Å². The lowest BCUT2D eigenvalue weighted by atomic mass is 10.0. The number of carbonyl (C=O) groups is 4. The zero-order valence-corrected chi connectivity index (χ0v) is 29.0. The van der Waals surface area contributed by atoms with Crippen LogP contribution in [0.4, 0.5) is 11.4 Å². The molecular weight excluding hydrogens is 604 g/mol. The van der Waals surface area contributed by atoms with Gasteiger partial charge in [-0.1, -0.05) is 126 Å². The number of carboxylic acids is 2. The quantitative estimate of drug-likeness (QED) is 0.0599. The molecule has 48 heavy (non-hydrogen) atoms. The second-order valence-electron chi connectivity index (χ2n) is 11.3. The summed E-state index contributed by atoms with van der Waals surface area (Å²) < 4.78 is 0. The number of carboxylic acid groups (broad SMARTS) is 2. The molecule has 0 fully saturated rings. The van der Waals surface area contributed by atoms with Crippen molar-refractivity contribution in [1.82, 2.24) is 0 Å². The maximum atomic E-state index is 11.3. The number of Topliss-reactive ketones (excluding diaryl/α,β-unsaturated/α-hetero) is 1. The Labute approximate surface area is 285 Å². The fourth-order valence-corrected chi connectivity index (χ4v) is 4.80. The summed E-state index contributed by atoms with van der Waals surface area (Å²) in [4.78, 5) is 42.7. The number of anilines is 2. The average Bonchev–Trinajstić information content (AvgIpc) is 3.11. The molecule has 4 N–H and O–H groups in total. The van der Waals surface area contributed by atoms with E-state index in [0.29, 0.717) is 22.5 Å². The molecule has 0 amide bonds. The molecule has 0 aliphatic heterocycles. The molecule has 0 heterocycles. The lowest BCUT2D eigenvalue weighted by Gasteiger charge is -2.02. The summed E-state index contributed by atoms with van der Waals surface area (Å²) in [6.07, 6.45) is 11.5.